The van der Waals surface area contributed by atoms with Gasteiger partial charge in [0.05, 0.1) is 11.4 Å². The molecule has 4 fully saturated rings. The van der Waals surface area contributed by atoms with Gasteiger partial charge in [-0.2, -0.15) is 0 Å². The molecule has 4 saturated carbocycles. The molecule has 1 aliphatic heterocycles. The fourth-order valence-corrected chi connectivity index (χ4v) is 13.4. The highest BCUT2D eigenvalue weighted by atomic mass is 32.1. The second-order valence-corrected chi connectivity index (χ2v) is 18.7. The molecule has 60 heavy (non-hydrogen) atoms. The van der Waals surface area contributed by atoms with Crippen molar-refractivity contribution in [1.82, 2.24) is 15.0 Å². The van der Waals surface area contributed by atoms with E-state index in [4.69, 9.17) is 15.0 Å². The van der Waals surface area contributed by atoms with E-state index in [1.165, 1.54) is 91.6 Å². The van der Waals surface area contributed by atoms with Crippen LogP contribution >= 0.6 is 11.3 Å². The molecule has 0 saturated heterocycles. The van der Waals surface area contributed by atoms with Crippen LogP contribution in [0, 0.1) is 23.7 Å². The first-order valence-electron chi connectivity index (χ1n) is 21.6. The van der Waals surface area contributed by atoms with E-state index in [0.717, 1.165) is 28.5 Å². The van der Waals surface area contributed by atoms with Gasteiger partial charge in [-0.3, -0.25) is 0 Å². The normalized spacial score (nSPS) is 22.4. The van der Waals surface area contributed by atoms with Crippen LogP contribution in [0.15, 0.2) is 170 Å². The standard InChI is InChI=1S/C55H42N4S/c1-3-12-36(13-4-1)52-56-53(58-54(57-52)40-22-24-45-44-18-7-10-21-50(44)60-51(45)33-40)39-15-11-14-37(31-39)38-23-25-49-47(32-38)55(41-27-34-26-35(29-41)30-42(55)28-34)46-19-8-9-20-48(46)59(49)43-16-5-2-6-17-43/h1-25,31-35,41-42H,26-30H2. The van der Waals surface area contributed by atoms with E-state index in [9.17, 15) is 0 Å². The molecule has 7 aromatic carbocycles. The molecule has 9 aromatic rings. The van der Waals surface area contributed by atoms with E-state index in [1.54, 1.807) is 0 Å². The van der Waals surface area contributed by atoms with Crippen molar-refractivity contribution in [1.29, 1.82) is 0 Å². The predicted octanol–water partition coefficient (Wildman–Crippen LogP) is 14.4. The van der Waals surface area contributed by atoms with Crippen molar-refractivity contribution in [3.63, 3.8) is 0 Å². The summed E-state index contributed by atoms with van der Waals surface area (Å²) in [4.78, 5) is 18.0. The number of aromatic nitrogens is 3. The van der Waals surface area contributed by atoms with Crippen LogP contribution in [0.1, 0.15) is 43.2 Å². The Morgan fingerprint density at radius 2 is 0.983 bits per heavy atom. The van der Waals surface area contributed by atoms with Crippen molar-refractivity contribution in [2.75, 3.05) is 4.90 Å². The summed E-state index contributed by atoms with van der Waals surface area (Å²) in [5, 5.41) is 2.55. The van der Waals surface area contributed by atoms with Gasteiger partial charge in [0.25, 0.3) is 0 Å². The summed E-state index contributed by atoms with van der Waals surface area (Å²) in [6.45, 7) is 0. The lowest BCUT2D eigenvalue weighted by molar-refractivity contribution is -0.0419. The third-order valence-electron chi connectivity index (χ3n) is 14.5. The molecule has 0 amide bonds. The van der Waals surface area contributed by atoms with Crippen LogP contribution in [0.4, 0.5) is 17.1 Å². The van der Waals surface area contributed by atoms with Crippen LogP contribution < -0.4 is 4.90 Å². The number of hydrogen-bond donors (Lipinski definition) is 0. The molecular weight excluding hydrogens is 749 g/mol. The van der Waals surface area contributed by atoms with Crippen molar-refractivity contribution in [3.05, 3.63) is 181 Å². The zero-order chi connectivity index (χ0) is 39.4. The summed E-state index contributed by atoms with van der Waals surface area (Å²) < 4.78 is 2.52. The lowest BCUT2D eigenvalue weighted by Gasteiger charge is -2.64. The maximum absolute atomic E-state index is 5.23. The summed E-state index contributed by atoms with van der Waals surface area (Å²) in [7, 11) is 0. The number of benzene rings is 7. The smallest absolute Gasteiger partial charge is 0.164 e. The number of fused-ring (bicyclic) bond motifs is 5. The molecule has 3 heterocycles. The molecule has 2 aromatic heterocycles. The van der Waals surface area contributed by atoms with Gasteiger partial charge in [-0.05, 0) is 127 Å². The summed E-state index contributed by atoms with van der Waals surface area (Å²) in [5.41, 5.74) is 12.3. The zero-order valence-electron chi connectivity index (χ0n) is 33.2. The van der Waals surface area contributed by atoms with Gasteiger partial charge in [0.1, 0.15) is 0 Å². The number of para-hydroxylation sites is 2. The molecule has 1 spiro atoms. The second kappa shape index (κ2) is 13.3. The van der Waals surface area contributed by atoms with Crippen molar-refractivity contribution < 1.29 is 0 Å². The molecule has 4 bridgehead atoms. The van der Waals surface area contributed by atoms with Crippen LogP contribution in [0.2, 0.25) is 0 Å². The summed E-state index contributed by atoms with van der Waals surface area (Å²) in [6.07, 6.45) is 6.80. The Labute approximate surface area is 354 Å². The fourth-order valence-electron chi connectivity index (χ4n) is 12.3. The first-order chi connectivity index (χ1) is 29.7. The Morgan fingerprint density at radius 1 is 0.417 bits per heavy atom. The van der Waals surface area contributed by atoms with Gasteiger partial charge in [0.2, 0.25) is 0 Å². The van der Waals surface area contributed by atoms with Gasteiger partial charge >= 0.3 is 0 Å². The van der Waals surface area contributed by atoms with E-state index in [2.05, 4.69) is 157 Å². The maximum Gasteiger partial charge on any atom is 0.164 e. The summed E-state index contributed by atoms with van der Waals surface area (Å²) in [6, 6.07) is 62.2. The Hall–Kier alpha value is -6.43. The molecule has 0 atom stereocenters. The first-order valence-corrected chi connectivity index (χ1v) is 22.4. The molecule has 0 radical (unpaired) electrons. The second-order valence-electron chi connectivity index (χ2n) is 17.7. The van der Waals surface area contributed by atoms with Gasteiger partial charge in [-0.15, -0.1) is 11.3 Å². The lowest BCUT2D eigenvalue weighted by Crippen LogP contribution is -2.57. The number of anilines is 3. The lowest BCUT2D eigenvalue weighted by atomic mass is 9.41. The predicted molar refractivity (Wildman–Crippen MR) is 247 cm³/mol. The SMILES string of the molecule is c1ccc(-c2nc(-c3cccc(-c4ccc5c(c4)C4(c6ccccc6N5c5ccccc5)C5CC6CC(C5)CC4C6)c3)nc(-c3ccc4c(c3)sc3ccccc34)n2)cc1. The summed E-state index contributed by atoms with van der Waals surface area (Å²) in [5.74, 6) is 5.09. The minimum absolute atomic E-state index is 0.00145. The van der Waals surface area contributed by atoms with Crippen LogP contribution in [0.3, 0.4) is 0 Å². The summed E-state index contributed by atoms with van der Waals surface area (Å²) >= 11 is 1.82. The van der Waals surface area contributed by atoms with Crippen LogP contribution in [0.5, 0.6) is 0 Å². The molecule has 288 valence electrons. The van der Waals surface area contributed by atoms with E-state index < -0.39 is 0 Å². The Bertz CT molecular complexity index is 3110. The van der Waals surface area contributed by atoms with Crippen LogP contribution in [0.25, 0.3) is 65.5 Å². The molecule has 4 nitrogen and oxygen atoms in total. The number of hydrogen-bond acceptors (Lipinski definition) is 5. The Morgan fingerprint density at radius 3 is 1.77 bits per heavy atom. The highest BCUT2D eigenvalue weighted by Crippen LogP contribution is 2.69. The molecule has 0 unspecified atom stereocenters. The van der Waals surface area contributed by atoms with E-state index in [1.807, 2.05) is 29.5 Å². The molecule has 0 N–H and O–H groups in total. The van der Waals surface area contributed by atoms with Crippen LogP contribution in [-0.2, 0) is 5.41 Å². The number of thiophene rings is 1. The van der Waals surface area contributed by atoms with Gasteiger partial charge in [0, 0.05) is 48.0 Å². The van der Waals surface area contributed by atoms with Crippen LogP contribution in [-0.4, -0.2) is 15.0 Å². The molecule has 14 rings (SSSR count). The van der Waals surface area contributed by atoms with E-state index >= 15 is 0 Å². The average molecular weight is 791 g/mol. The van der Waals surface area contributed by atoms with E-state index in [0.29, 0.717) is 29.3 Å². The van der Waals surface area contributed by atoms with Gasteiger partial charge in [-0.25, -0.2) is 15.0 Å². The molecule has 5 aliphatic rings. The van der Waals surface area contributed by atoms with Gasteiger partial charge in [-0.1, -0.05) is 121 Å². The average Bonchev–Trinajstić information content (AvgIpc) is 3.68. The highest BCUT2D eigenvalue weighted by Gasteiger charge is 2.61. The van der Waals surface area contributed by atoms with Gasteiger partial charge < -0.3 is 4.90 Å². The molecule has 4 aliphatic carbocycles. The minimum Gasteiger partial charge on any atom is -0.310 e. The van der Waals surface area contributed by atoms with Gasteiger partial charge in [0.15, 0.2) is 17.5 Å². The molecule has 5 heteroatoms. The van der Waals surface area contributed by atoms with Crippen molar-refractivity contribution in [3.8, 4) is 45.3 Å². The zero-order valence-corrected chi connectivity index (χ0v) is 34.0. The van der Waals surface area contributed by atoms with Crippen molar-refractivity contribution in [2.45, 2.75) is 37.5 Å². The number of nitrogens with zero attached hydrogens (tertiary/aromatic N) is 4. The number of rotatable bonds is 5. The third-order valence-corrected chi connectivity index (χ3v) is 15.6. The van der Waals surface area contributed by atoms with Crippen molar-refractivity contribution in [2.24, 2.45) is 23.7 Å². The Kier molecular flexibility index (Phi) is 7.63. The third kappa shape index (κ3) is 5.18. The van der Waals surface area contributed by atoms with Crippen molar-refractivity contribution >= 4 is 48.6 Å². The highest BCUT2D eigenvalue weighted by molar-refractivity contribution is 7.25. The largest absolute Gasteiger partial charge is 0.310 e. The van der Waals surface area contributed by atoms with E-state index in [-0.39, 0.29) is 5.41 Å². The topological polar surface area (TPSA) is 41.9 Å². The molecular formula is C55H42N4S. The minimum atomic E-state index is 0.00145. The monoisotopic (exact) mass is 790 g/mol. The first kappa shape index (κ1) is 34.4. The Balaban J connectivity index is 0.966. The fraction of sp³-hybridized carbons (Fsp3) is 0.182. The quantitative estimate of drug-likeness (QED) is 0.174. The maximum atomic E-state index is 5.23.